The molecule has 0 aromatic heterocycles. The highest BCUT2D eigenvalue weighted by Gasteiger charge is 2.32. The first-order valence-corrected chi connectivity index (χ1v) is 23.0. The third-order valence-corrected chi connectivity index (χ3v) is 11.6. The van der Waals surface area contributed by atoms with Gasteiger partial charge in [-0.15, -0.1) is 11.8 Å². The van der Waals surface area contributed by atoms with Crippen molar-refractivity contribution in [2.45, 2.75) is 105 Å². The number of esters is 1. The summed E-state index contributed by atoms with van der Waals surface area (Å²) in [6.07, 6.45) is 2.24. The van der Waals surface area contributed by atoms with Crippen LogP contribution in [0.15, 0.2) is 35.5 Å². The van der Waals surface area contributed by atoms with Gasteiger partial charge in [-0.3, -0.25) is 28.0 Å². The molecule has 0 heterocycles. The third kappa shape index (κ3) is 22.8. The van der Waals surface area contributed by atoms with E-state index in [1.807, 2.05) is 20.8 Å². The molecule has 0 saturated heterocycles. The smallest absolute Gasteiger partial charge is 0.406 e. The average Bonchev–Trinajstić information content (AvgIpc) is 3.13. The molecule has 17 nitrogen and oxygen atoms in total. The quantitative estimate of drug-likeness (QED) is 0.0340. The first-order chi connectivity index (χ1) is 26.4. The van der Waals surface area contributed by atoms with Crippen molar-refractivity contribution < 1.29 is 56.5 Å². The monoisotopic (exact) mass is 851 g/mol. The Bertz CT molecular complexity index is 1480. The van der Waals surface area contributed by atoms with Gasteiger partial charge in [0.15, 0.2) is 0 Å². The number of carbonyl (C=O) groups excluding carboxylic acids is 4. The van der Waals surface area contributed by atoms with Gasteiger partial charge in [0.1, 0.15) is 18.2 Å². The Morgan fingerprint density at radius 3 is 2.20 bits per heavy atom. The Hall–Kier alpha value is -2.79. The van der Waals surface area contributed by atoms with Crippen molar-refractivity contribution in [3.05, 3.63) is 41.1 Å². The number of anilines is 1. The van der Waals surface area contributed by atoms with E-state index < -0.39 is 57.3 Å². The topological polar surface area (TPSA) is 229 Å². The van der Waals surface area contributed by atoms with Crippen molar-refractivity contribution >= 4 is 56.4 Å². The molecule has 6 N–H and O–H groups in total. The van der Waals surface area contributed by atoms with E-state index in [1.165, 1.54) is 31.4 Å². The second kappa shape index (κ2) is 27.0. The van der Waals surface area contributed by atoms with Crippen molar-refractivity contribution in [1.29, 1.82) is 0 Å². The maximum absolute atomic E-state index is 13.7. The van der Waals surface area contributed by atoms with Gasteiger partial charge in [-0.2, -0.15) is 0 Å². The molecule has 0 bridgehead atoms. The predicted octanol–water partition coefficient (Wildman–Crippen LogP) is 5.32. The van der Waals surface area contributed by atoms with Crippen LogP contribution in [0, 0.1) is 0 Å². The highest BCUT2D eigenvalue weighted by molar-refractivity contribution is 8.02. The maximum Gasteiger partial charge on any atom is 0.406 e. The van der Waals surface area contributed by atoms with Crippen LogP contribution < -0.4 is 26.1 Å². The fourth-order valence-electron chi connectivity index (χ4n) is 4.26. The molecule has 3 amide bonds. The number of amides is 3. The zero-order valence-corrected chi connectivity index (χ0v) is 36.5. The molecule has 1 aromatic rings. The van der Waals surface area contributed by atoms with E-state index in [0.29, 0.717) is 43.5 Å². The summed E-state index contributed by atoms with van der Waals surface area (Å²) in [4.78, 5) is 50.3. The van der Waals surface area contributed by atoms with E-state index in [1.54, 1.807) is 50.4 Å². The molecule has 0 aliphatic carbocycles. The van der Waals surface area contributed by atoms with E-state index in [-0.39, 0.29) is 45.0 Å². The van der Waals surface area contributed by atoms with Gasteiger partial charge in [0.05, 0.1) is 39.1 Å². The first kappa shape index (κ1) is 51.2. The molecule has 0 aliphatic rings. The SMILES string of the molecule is CCS/C=C\P(=O)(Nc1ccc(C(=O)NCCCCCOP(=O)(NC(C)C(=O)NC(C)C(=O)OC(C)(C)C)OCC(=O)N[C@@H](C)CC)cc1)OCCOCCO. The number of aliphatic hydroxyl groups excluding tert-OH is 1. The molecule has 0 saturated carbocycles. The second-order valence-electron chi connectivity index (χ2n) is 13.6. The van der Waals surface area contributed by atoms with Crippen LogP contribution in [0.1, 0.15) is 91.4 Å². The summed E-state index contributed by atoms with van der Waals surface area (Å²) in [7, 11) is -7.62. The van der Waals surface area contributed by atoms with Crippen molar-refractivity contribution in [3.8, 4) is 0 Å². The molecule has 4 unspecified atom stereocenters. The van der Waals surface area contributed by atoms with E-state index in [4.69, 9.17) is 28.2 Å². The third-order valence-electron chi connectivity index (χ3n) is 7.32. The lowest BCUT2D eigenvalue weighted by Crippen LogP contribution is -2.48. The lowest BCUT2D eigenvalue weighted by Gasteiger charge is -2.25. The van der Waals surface area contributed by atoms with Crippen LogP contribution in [0.3, 0.4) is 0 Å². The molecule has 1 rings (SSSR count). The molecule has 56 heavy (non-hydrogen) atoms. The van der Waals surface area contributed by atoms with Crippen molar-refractivity contribution in [3.63, 3.8) is 0 Å². The zero-order chi connectivity index (χ0) is 42.2. The molecule has 0 fully saturated rings. The summed E-state index contributed by atoms with van der Waals surface area (Å²) in [6.45, 7) is 13.6. The van der Waals surface area contributed by atoms with Gasteiger partial charge in [0.2, 0.25) is 11.8 Å². The Balaban J connectivity index is 2.69. The summed E-state index contributed by atoms with van der Waals surface area (Å²) >= 11 is 1.47. The largest absolute Gasteiger partial charge is 0.458 e. The number of unbranched alkanes of at least 4 members (excludes halogenated alkanes) is 2. The van der Waals surface area contributed by atoms with Gasteiger partial charge in [-0.1, -0.05) is 13.8 Å². The average molecular weight is 852 g/mol. The Morgan fingerprint density at radius 2 is 1.57 bits per heavy atom. The van der Waals surface area contributed by atoms with Crippen LogP contribution in [-0.4, -0.2) is 104 Å². The Morgan fingerprint density at radius 1 is 0.875 bits per heavy atom. The second-order valence-corrected chi connectivity index (χ2v) is 18.5. The lowest BCUT2D eigenvalue weighted by molar-refractivity contribution is -0.158. The number of carbonyl (C=O) groups is 4. The van der Waals surface area contributed by atoms with Crippen LogP contribution in [0.5, 0.6) is 0 Å². The van der Waals surface area contributed by atoms with Crippen LogP contribution in [0.25, 0.3) is 0 Å². The minimum absolute atomic E-state index is 0.0438. The van der Waals surface area contributed by atoms with Crippen molar-refractivity contribution in [1.82, 2.24) is 21.0 Å². The van der Waals surface area contributed by atoms with E-state index in [0.717, 1.165) is 5.75 Å². The number of hydrogen-bond acceptors (Lipinski definition) is 13. The standard InChI is InChI=1S/C36H63N5O12P2S/c1-9-27(3)38-32(43)26-52-55(48,40-28(4)33(44)39-29(5)35(46)53-36(6,7)8)51-20-13-11-12-18-37-34(45)30-14-16-31(17-15-30)41-54(47,24-25-56-10-2)50-23-22-49-21-19-42/h14-17,24-25,27-29,42H,9-13,18-23,26H2,1-8H3,(H,37,45)(H,38,43)(H,39,44)(H,40,48)(H,41,47)/b25-24-/t27-,28?,29?,54?,55?/m0/s1. The summed E-state index contributed by atoms with van der Waals surface area (Å²) in [5.41, 5.74) is 0.132. The molecule has 0 radical (unpaired) electrons. The van der Waals surface area contributed by atoms with E-state index in [9.17, 15) is 28.3 Å². The van der Waals surface area contributed by atoms with Gasteiger partial charge >= 0.3 is 21.2 Å². The molecule has 0 aliphatic heterocycles. The summed E-state index contributed by atoms with van der Waals surface area (Å²) in [5, 5.41) is 24.1. The molecular weight excluding hydrogens is 788 g/mol. The van der Waals surface area contributed by atoms with Gasteiger partial charge in [0.25, 0.3) is 5.91 Å². The summed E-state index contributed by atoms with van der Waals surface area (Å²) in [6, 6.07) is 4.19. The molecular formula is C36H63N5O12P2S. The minimum Gasteiger partial charge on any atom is -0.458 e. The molecule has 5 atom stereocenters. The number of ether oxygens (including phenoxy) is 2. The molecule has 0 spiro atoms. The number of hydrogen-bond donors (Lipinski definition) is 6. The summed E-state index contributed by atoms with van der Waals surface area (Å²) < 4.78 is 54.1. The van der Waals surface area contributed by atoms with Crippen LogP contribution in [0.2, 0.25) is 0 Å². The molecule has 20 heteroatoms. The van der Waals surface area contributed by atoms with Gasteiger partial charge in [-0.25, -0.2) is 14.4 Å². The Kier molecular flexibility index (Phi) is 24.7. The Labute approximate surface area is 336 Å². The van der Waals surface area contributed by atoms with Crippen molar-refractivity contribution in [2.24, 2.45) is 0 Å². The fourth-order valence-corrected chi connectivity index (χ4v) is 7.99. The molecule has 1 aromatic carbocycles. The van der Waals surface area contributed by atoms with Crippen LogP contribution >= 0.6 is 27.0 Å². The van der Waals surface area contributed by atoms with Crippen LogP contribution in [0.4, 0.5) is 5.69 Å². The maximum atomic E-state index is 13.7. The minimum atomic E-state index is -4.19. The van der Waals surface area contributed by atoms with Crippen LogP contribution in [-0.2, 0) is 46.6 Å². The van der Waals surface area contributed by atoms with Gasteiger partial charge in [0, 0.05) is 29.7 Å². The number of benzene rings is 1. The van der Waals surface area contributed by atoms with Gasteiger partial charge in [-0.05, 0) is 103 Å². The highest BCUT2D eigenvalue weighted by atomic mass is 32.2. The number of thioether (sulfide) groups is 1. The normalized spacial score (nSPS) is 15.5. The van der Waals surface area contributed by atoms with Gasteiger partial charge < -0.3 is 40.1 Å². The fraction of sp³-hybridized carbons (Fsp3) is 0.667. The number of nitrogens with one attached hydrogen (secondary N) is 5. The summed E-state index contributed by atoms with van der Waals surface area (Å²) in [5.74, 6) is 0.158. The number of aliphatic hydroxyl groups is 1. The van der Waals surface area contributed by atoms with Crippen molar-refractivity contribution in [2.75, 3.05) is 57.0 Å². The highest BCUT2D eigenvalue weighted by Crippen LogP contribution is 2.49. The lowest BCUT2D eigenvalue weighted by atomic mass is 10.2. The number of rotatable bonds is 29. The first-order valence-electron chi connectivity index (χ1n) is 18.7. The van der Waals surface area contributed by atoms with E-state index in [2.05, 4.69) is 26.1 Å². The predicted molar refractivity (Wildman–Crippen MR) is 218 cm³/mol. The molecule has 320 valence electrons. The zero-order valence-electron chi connectivity index (χ0n) is 33.9. The van der Waals surface area contributed by atoms with E-state index >= 15 is 0 Å².